The summed E-state index contributed by atoms with van der Waals surface area (Å²) in [6, 6.07) is 5.87. The molecule has 1 aromatic carbocycles. The van der Waals surface area contributed by atoms with Crippen LogP contribution in [-0.2, 0) is 4.79 Å². The van der Waals surface area contributed by atoms with Gasteiger partial charge in [-0.3, -0.25) is 9.59 Å². The van der Waals surface area contributed by atoms with Crippen LogP contribution in [0.15, 0.2) is 18.2 Å². The zero-order chi connectivity index (χ0) is 18.8. The van der Waals surface area contributed by atoms with E-state index in [1.54, 1.807) is 6.07 Å². The summed E-state index contributed by atoms with van der Waals surface area (Å²) < 4.78 is 0. The van der Waals surface area contributed by atoms with E-state index in [0.29, 0.717) is 23.1 Å². The Morgan fingerprint density at radius 1 is 1.15 bits per heavy atom. The number of nitrogens with one attached hydrogen (secondary N) is 2. The van der Waals surface area contributed by atoms with Crippen molar-refractivity contribution >= 4 is 29.9 Å². The first kappa shape index (κ1) is 21.7. The van der Waals surface area contributed by atoms with E-state index in [0.717, 1.165) is 31.2 Å². The van der Waals surface area contributed by atoms with Gasteiger partial charge < -0.3 is 16.4 Å². The molecule has 27 heavy (non-hydrogen) atoms. The average Bonchev–Trinajstić information content (AvgIpc) is 2.55. The number of fused-ring (bicyclic) bond motifs is 2. The Morgan fingerprint density at radius 2 is 1.78 bits per heavy atom. The molecule has 3 rings (SSSR count). The number of benzene rings is 1. The monoisotopic (exact) mass is 393 g/mol. The third kappa shape index (κ3) is 5.02. The van der Waals surface area contributed by atoms with Crippen molar-refractivity contribution in [2.75, 3.05) is 5.32 Å². The molecule has 0 saturated heterocycles. The standard InChI is InChI=1S/C21H31N3O2.ClH/c1-12(2)23-21(26)18-11-17(8-7-13(18)3)24-20(25)16-9-14-5-4-6-15(10-16)19(14)22;/h7-8,11-12,14-16,19H,4-6,9-10,22H2,1-3H3,(H,23,26)(H,24,25);1H. The summed E-state index contributed by atoms with van der Waals surface area (Å²) in [6.07, 6.45) is 5.30. The summed E-state index contributed by atoms with van der Waals surface area (Å²) in [5.41, 5.74) is 8.53. The molecule has 0 heterocycles. The zero-order valence-corrected chi connectivity index (χ0v) is 17.3. The summed E-state index contributed by atoms with van der Waals surface area (Å²) in [4.78, 5) is 25.1. The molecule has 4 N–H and O–H groups in total. The minimum atomic E-state index is -0.105. The predicted molar refractivity (Wildman–Crippen MR) is 111 cm³/mol. The molecule has 2 unspecified atom stereocenters. The Kier molecular flexibility index (Phi) is 7.29. The van der Waals surface area contributed by atoms with E-state index in [2.05, 4.69) is 10.6 Å². The van der Waals surface area contributed by atoms with Crippen LogP contribution < -0.4 is 16.4 Å². The van der Waals surface area contributed by atoms with E-state index in [9.17, 15) is 9.59 Å². The highest BCUT2D eigenvalue weighted by atomic mass is 35.5. The molecule has 2 atom stereocenters. The van der Waals surface area contributed by atoms with Gasteiger partial charge >= 0.3 is 0 Å². The molecule has 2 saturated carbocycles. The van der Waals surface area contributed by atoms with Crippen LogP contribution in [0.25, 0.3) is 0 Å². The second-order valence-electron chi connectivity index (χ2n) is 8.34. The maximum atomic E-state index is 12.8. The topological polar surface area (TPSA) is 84.2 Å². The number of amides is 2. The Bertz CT molecular complexity index is 678. The first-order valence-electron chi connectivity index (χ1n) is 9.83. The molecule has 150 valence electrons. The minimum absolute atomic E-state index is 0. The average molecular weight is 394 g/mol. The quantitative estimate of drug-likeness (QED) is 0.729. The molecule has 6 heteroatoms. The van der Waals surface area contributed by atoms with E-state index < -0.39 is 0 Å². The first-order valence-corrected chi connectivity index (χ1v) is 9.83. The van der Waals surface area contributed by atoms with Crippen molar-refractivity contribution in [3.05, 3.63) is 29.3 Å². The van der Waals surface area contributed by atoms with Crippen molar-refractivity contribution in [3.8, 4) is 0 Å². The number of halogens is 1. The molecular formula is C21H32ClN3O2. The van der Waals surface area contributed by atoms with E-state index in [-0.39, 0.29) is 42.2 Å². The van der Waals surface area contributed by atoms with Gasteiger partial charge in [0.25, 0.3) is 5.91 Å². The van der Waals surface area contributed by atoms with Gasteiger partial charge in [-0.05, 0) is 76.0 Å². The van der Waals surface area contributed by atoms with Gasteiger partial charge in [0.15, 0.2) is 0 Å². The van der Waals surface area contributed by atoms with Crippen molar-refractivity contribution in [1.29, 1.82) is 0 Å². The molecular weight excluding hydrogens is 362 g/mol. The van der Waals surface area contributed by atoms with Gasteiger partial charge in [-0.2, -0.15) is 0 Å². The second kappa shape index (κ2) is 9.07. The molecule has 2 amide bonds. The maximum Gasteiger partial charge on any atom is 0.251 e. The molecule has 2 aliphatic carbocycles. The van der Waals surface area contributed by atoms with Crippen LogP contribution in [0, 0.1) is 24.7 Å². The largest absolute Gasteiger partial charge is 0.350 e. The van der Waals surface area contributed by atoms with Gasteiger partial charge in [0.05, 0.1) is 0 Å². The van der Waals surface area contributed by atoms with Gasteiger partial charge in [0.2, 0.25) is 5.91 Å². The summed E-state index contributed by atoms with van der Waals surface area (Å²) in [5, 5.41) is 5.94. The van der Waals surface area contributed by atoms with Crippen LogP contribution in [0.4, 0.5) is 5.69 Å². The van der Waals surface area contributed by atoms with Crippen molar-refractivity contribution in [2.45, 2.75) is 65.0 Å². The summed E-state index contributed by atoms with van der Waals surface area (Å²) >= 11 is 0. The fourth-order valence-electron chi connectivity index (χ4n) is 4.53. The van der Waals surface area contributed by atoms with E-state index in [1.807, 2.05) is 32.9 Å². The minimum Gasteiger partial charge on any atom is -0.350 e. The highest BCUT2D eigenvalue weighted by Gasteiger charge is 2.40. The highest BCUT2D eigenvalue weighted by Crippen LogP contribution is 2.42. The van der Waals surface area contributed by atoms with E-state index in [4.69, 9.17) is 5.73 Å². The lowest BCUT2D eigenvalue weighted by Gasteiger charge is -2.43. The second-order valence-corrected chi connectivity index (χ2v) is 8.34. The number of hydrogen-bond acceptors (Lipinski definition) is 3. The Morgan fingerprint density at radius 3 is 2.37 bits per heavy atom. The number of carbonyl (C=O) groups is 2. The van der Waals surface area contributed by atoms with Gasteiger partial charge in [0, 0.05) is 29.3 Å². The van der Waals surface area contributed by atoms with E-state index >= 15 is 0 Å². The fourth-order valence-corrected chi connectivity index (χ4v) is 4.53. The molecule has 0 aliphatic heterocycles. The Hall–Kier alpha value is -1.59. The Labute approximate surface area is 168 Å². The fraction of sp³-hybridized carbons (Fsp3) is 0.619. The third-order valence-electron chi connectivity index (χ3n) is 5.95. The summed E-state index contributed by atoms with van der Waals surface area (Å²) in [6.45, 7) is 5.78. The van der Waals surface area contributed by atoms with Gasteiger partial charge in [-0.25, -0.2) is 0 Å². The van der Waals surface area contributed by atoms with Crippen LogP contribution in [0.1, 0.15) is 61.9 Å². The smallest absolute Gasteiger partial charge is 0.251 e. The number of anilines is 1. The lowest BCUT2D eigenvalue weighted by atomic mass is 9.65. The molecule has 1 aromatic rings. The van der Waals surface area contributed by atoms with Crippen LogP contribution in [0.3, 0.4) is 0 Å². The lowest BCUT2D eigenvalue weighted by Crippen LogP contribution is -2.48. The molecule has 0 aromatic heterocycles. The van der Waals surface area contributed by atoms with Gasteiger partial charge in [-0.15, -0.1) is 12.4 Å². The van der Waals surface area contributed by atoms with E-state index in [1.165, 1.54) is 6.42 Å². The first-order chi connectivity index (χ1) is 12.3. The van der Waals surface area contributed by atoms with Crippen LogP contribution in [0.2, 0.25) is 0 Å². The van der Waals surface area contributed by atoms with Crippen molar-refractivity contribution in [3.63, 3.8) is 0 Å². The predicted octanol–water partition coefficient (Wildman–Crippen LogP) is 3.65. The highest BCUT2D eigenvalue weighted by molar-refractivity contribution is 5.98. The molecule has 2 fully saturated rings. The number of nitrogens with two attached hydrogens (primary N) is 1. The van der Waals surface area contributed by atoms with Crippen LogP contribution in [-0.4, -0.2) is 23.9 Å². The number of aryl methyl sites for hydroxylation is 1. The lowest BCUT2D eigenvalue weighted by molar-refractivity contribution is -0.122. The summed E-state index contributed by atoms with van der Waals surface area (Å²) in [7, 11) is 0. The number of carbonyl (C=O) groups excluding carboxylic acids is 2. The Balaban J connectivity index is 0.00000261. The zero-order valence-electron chi connectivity index (χ0n) is 16.5. The molecule has 0 spiro atoms. The van der Waals surface area contributed by atoms with Crippen molar-refractivity contribution in [2.24, 2.45) is 23.5 Å². The van der Waals surface area contributed by atoms with Gasteiger partial charge in [-0.1, -0.05) is 12.5 Å². The SMILES string of the molecule is Cc1ccc(NC(=O)C2CC3CCCC(C2)C3N)cc1C(=O)NC(C)C.Cl. The number of hydrogen-bond donors (Lipinski definition) is 3. The number of rotatable bonds is 4. The molecule has 2 aliphatic rings. The van der Waals surface area contributed by atoms with Crippen LogP contribution >= 0.6 is 12.4 Å². The molecule has 2 bridgehead atoms. The molecule has 5 nitrogen and oxygen atoms in total. The maximum absolute atomic E-state index is 12.8. The van der Waals surface area contributed by atoms with Crippen molar-refractivity contribution in [1.82, 2.24) is 5.32 Å². The molecule has 0 radical (unpaired) electrons. The van der Waals surface area contributed by atoms with Crippen molar-refractivity contribution < 1.29 is 9.59 Å². The van der Waals surface area contributed by atoms with Crippen LogP contribution in [0.5, 0.6) is 0 Å². The normalized spacial score (nSPS) is 26.9. The summed E-state index contributed by atoms with van der Waals surface area (Å²) in [5.74, 6) is 0.936. The third-order valence-corrected chi connectivity index (χ3v) is 5.95. The van der Waals surface area contributed by atoms with Gasteiger partial charge in [0.1, 0.15) is 0 Å².